The van der Waals surface area contributed by atoms with Gasteiger partial charge in [-0.2, -0.15) is 9.90 Å². The van der Waals surface area contributed by atoms with Crippen LogP contribution in [0.4, 0.5) is 0 Å². The van der Waals surface area contributed by atoms with E-state index in [9.17, 15) is 4.79 Å². The van der Waals surface area contributed by atoms with Crippen molar-refractivity contribution in [2.45, 2.75) is 19.9 Å². The summed E-state index contributed by atoms with van der Waals surface area (Å²) in [5.41, 5.74) is 2.74. The summed E-state index contributed by atoms with van der Waals surface area (Å²) >= 11 is 5.53. The summed E-state index contributed by atoms with van der Waals surface area (Å²) in [6, 6.07) is 13.4. The van der Waals surface area contributed by atoms with Gasteiger partial charge in [-0.1, -0.05) is 24.3 Å². The third kappa shape index (κ3) is 4.09. The van der Waals surface area contributed by atoms with E-state index in [0.29, 0.717) is 36.1 Å². The maximum absolute atomic E-state index is 13.2. The second kappa shape index (κ2) is 8.36. The van der Waals surface area contributed by atoms with Crippen LogP contribution in [0.15, 0.2) is 54.9 Å². The van der Waals surface area contributed by atoms with Gasteiger partial charge in [-0.3, -0.25) is 14.8 Å². The van der Waals surface area contributed by atoms with Crippen molar-refractivity contribution in [3.8, 4) is 5.69 Å². The standard InChI is InChI=1S/C20H21N7OS/c1-15-18(24-27(23-15)17-8-3-2-4-9-17)19(28)25-11-6-12-26(25)20(29)22-14-16-7-5-10-21-13-16/h2-5,7-10,13H,6,11-12,14H2,1H3,(H,22,29). The number of thiocarbonyl (C=S) groups is 1. The van der Waals surface area contributed by atoms with Gasteiger partial charge in [0.05, 0.1) is 11.4 Å². The number of aryl methyl sites for hydroxylation is 1. The van der Waals surface area contributed by atoms with Crippen LogP contribution in [0.2, 0.25) is 0 Å². The fourth-order valence-corrected chi connectivity index (χ4v) is 3.44. The number of hydrazine groups is 1. The van der Waals surface area contributed by atoms with Gasteiger partial charge in [0.2, 0.25) is 0 Å². The van der Waals surface area contributed by atoms with E-state index in [0.717, 1.165) is 17.7 Å². The van der Waals surface area contributed by atoms with E-state index in [4.69, 9.17) is 12.2 Å². The van der Waals surface area contributed by atoms with Gasteiger partial charge in [0, 0.05) is 32.0 Å². The summed E-state index contributed by atoms with van der Waals surface area (Å²) in [6.07, 6.45) is 4.35. The first-order chi connectivity index (χ1) is 14.1. The average Bonchev–Trinajstić information content (AvgIpc) is 3.40. The third-order valence-corrected chi connectivity index (χ3v) is 4.99. The Balaban J connectivity index is 1.48. The zero-order valence-electron chi connectivity index (χ0n) is 16.0. The predicted octanol–water partition coefficient (Wildman–Crippen LogP) is 2.11. The van der Waals surface area contributed by atoms with Crippen molar-refractivity contribution in [3.63, 3.8) is 0 Å². The molecule has 148 valence electrons. The van der Waals surface area contributed by atoms with Gasteiger partial charge in [-0.05, 0) is 49.3 Å². The molecular formula is C20H21N7OS. The zero-order chi connectivity index (χ0) is 20.2. The molecule has 3 aromatic rings. The van der Waals surface area contributed by atoms with E-state index < -0.39 is 0 Å². The average molecular weight is 408 g/mol. The van der Waals surface area contributed by atoms with Crippen molar-refractivity contribution in [1.82, 2.24) is 35.3 Å². The highest BCUT2D eigenvalue weighted by molar-refractivity contribution is 7.80. The minimum Gasteiger partial charge on any atom is -0.357 e. The van der Waals surface area contributed by atoms with E-state index in [1.165, 1.54) is 4.80 Å². The molecule has 8 nitrogen and oxygen atoms in total. The van der Waals surface area contributed by atoms with Gasteiger partial charge >= 0.3 is 0 Å². The molecule has 0 spiro atoms. The Hall–Kier alpha value is -3.33. The van der Waals surface area contributed by atoms with Gasteiger partial charge in [0.15, 0.2) is 10.8 Å². The van der Waals surface area contributed by atoms with Crippen LogP contribution < -0.4 is 5.32 Å². The Kier molecular flexibility index (Phi) is 5.48. The summed E-state index contributed by atoms with van der Waals surface area (Å²) in [5.74, 6) is -0.201. The summed E-state index contributed by atoms with van der Waals surface area (Å²) in [5, 5.41) is 16.0. The maximum Gasteiger partial charge on any atom is 0.294 e. The molecule has 1 amide bonds. The lowest BCUT2D eigenvalue weighted by molar-refractivity contribution is 0.0484. The fraction of sp³-hybridized carbons (Fsp3) is 0.250. The number of hydrogen-bond acceptors (Lipinski definition) is 5. The smallest absolute Gasteiger partial charge is 0.294 e. The van der Waals surface area contributed by atoms with Gasteiger partial charge in [-0.15, -0.1) is 5.10 Å². The van der Waals surface area contributed by atoms with Crippen LogP contribution in [0.1, 0.15) is 28.2 Å². The molecule has 4 rings (SSSR count). The number of para-hydroxylation sites is 1. The largest absolute Gasteiger partial charge is 0.357 e. The van der Waals surface area contributed by atoms with Gasteiger partial charge in [-0.25, -0.2) is 5.01 Å². The van der Waals surface area contributed by atoms with Crippen LogP contribution in [-0.2, 0) is 6.54 Å². The number of carbonyl (C=O) groups is 1. The molecule has 0 bridgehead atoms. The Morgan fingerprint density at radius 3 is 2.66 bits per heavy atom. The van der Waals surface area contributed by atoms with Crippen molar-refractivity contribution in [2.24, 2.45) is 0 Å². The normalized spacial score (nSPS) is 13.6. The molecule has 0 unspecified atom stereocenters. The van der Waals surface area contributed by atoms with Crippen LogP contribution in [0.3, 0.4) is 0 Å². The van der Waals surface area contributed by atoms with Crippen LogP contribution in [-0.4, -0.2) is 54.1 Å². The van der Waals surface area contributed by atoms with Crippen LogP contribution in [0, 0.1) is 6.92 Å². The van der Waals surface area contributed by atoms with Gasteiger partial charge < -0.3 is 5.32 Å². The second-order valence-corrected chi connectivity index (χ2v) is 7.07. The predicted molar refractivity (Wildman–Crippen MR) is 112 cm³/mol. The molecule has 1 aliphatic heterocycles. The number of nitrogens with one attached hydrogen (secondary N) is 1. The molecule has 1 saturated heterocycles. The molecule has 1 N–H and O–H groups in total. The number of hydrogen-bond donors (Lipinski definition) is 1. The first-order valence-corrected chi connectivity index (χ1v) is 9.80. The molecule has 9 heteroatoms. The minimum atomic E-state index is -0.201. The number of nitrogens with zero attached hydrogens (tertiary/aromatic N) is 6. The lowest BCUT2D eigenvalue weighted by Crippen LogP contribution is -2.49. The molecule has 2 aromatic heterocycles. The quantitative estimate of drug-likeness (QED) is 0.664. The van der Waals surface area contributed by atoms with Gasteiger partial charge in [0.1, 0.15) is 0 Å². The summed E-state index contributed by atoms with van der Waals surface area (Å²) in [6.45, 7) is 3.61. The molecule has 1 aliphatic rings. The van der Waals surface area contributed by atoms with E-state index >= 15 is 0 Å². The van der Waals surface area contributed by atoms with Crippen molar-refractivity contribution in [1.29, 1.82) is 0 Å². The molecule has 1 aromatic carbocycles. The molecule has 0 atom stereocenters. The number of aromatic nitrogens is 4. The minimum absolute atomic E-state index is 0.201. The molecule has 29 heavy (non-hydrogen) atoms. The lowest BCUT2D eigenvalue weighted by Gasteiger charge is -2.29. The van der Waals surface area contributed by atoms with E-state index in [-0.39, 0.29) is 5.91 Å². The Labute approximate surface area is 174 Å². The highest BCUT2D eigenvalue weighted by Gasteiger charge is 2.32. The molecule has 0 saturated carbocycles. The summed E-state index contributed by atoms with van der Waals surface area (Å²) < 4.78 is 0. The molecule has 0 aliphatic carbocycles. The first-order valence-electron chi connectivity index (χ1n) is 9.39. The van der Waals surface area contributed by atoms with Crippen molar-refractivity contribution in [3.05, 3.63) is 71.8 Å². The monoisotopic (exact) mass is 407 g/mol. The third-order valence-electron chi connectivity index (χ3n) is 4.64. The molecule has 3 heterocycles. The topological polar surface area (TPSA) is 79.2 Å². The van der Waals surface area contributed by atoms with E-state index in [1.807, 2.05) is 42.5 Å². The second-order valence-electron chi connectivity index (χ2n) is 6.68. The maximum atomic E-state index is 13.2. The summed E-state index contributed by atoms with van der Waals surface area (Å²) in [7, 11) is 0. The van der Waals surface area contributed by atoms with Crippen molar-refractivity contribution < 1.29 is 4.79 Å². The Morgan fingerprint density at radius 2 is 1.90 bits per heavy atom. The Morgan fingerprint density at radius 1 is 1.10 bits per heavy atom. The number of benzene rings is 1. The lowest BCUT2D eigenvalue weighted by atomic mass is 10.3. The van der Waals surface area contributed by atoms with E-state index in [1.54, 1.807) is 29.3 Å². The number of amides is 1. The number of pyridine rings is 1. The highest BCUT2D eigenvalue weighted by atomic mass is 32.1. The fourth-order valence-electron chi connectivity index (χ4n) is 3.18. The van der Waals surface area contributed by atoms with Crippen LogP contribution in [0.25, 0.3) is 5.69 Å². The number of carbonyl (C=O) groups excluding carboxylic acids is 1. The van der Waals surface area contributed by atoms with Crippen LogP contribution in [0.5, 0.6) is 0 Å². The first kappa shape index (κ1) is 19.0. The van der Waals surface area contributed by atoms with Crippen molar-refractivity contribution in [2.75, 3.05) is 13.1 Å². The van der Waals surface area contributed by atoms with E-state index in [2.05, 4.69) is 20.5 Å². The SMILES string of the molecule is Cc1nn(-c2ccccc2)nc1C(=O)N1CCCN1C(=S)NCc1cccnc1. The Bertz CT molecular complexity index is 1010. The van der Waals surface area contributed by atoms with Crippen LogP contribution >= 0.6 is 12.2 Å². The summed E-state index contributed by atoms with van der Waals surface area (Å²) in [4.78, 5) is 18.8. The molecule has 0 radical (unpaired) electrons. The van der Waals surface area contributed by atoms with Crippen molar-refractivity contribution >= 4 is 23.2 Å². The number of rotatable bonds is 4. The van der Waals surface area contributed by atoms with Gasteiger partial charge in [0.25, 0.3) is 5.91 Å². The highest BCUT2D eigenvalue weighted by Crippen LogP contribution is 2.17. The molecular weight excluding hydrogens is 386 g/mol. The zero-order valence-corrected chi connectivity index (χ0v) is 16.8. The molecule has 1 fully saturated rings.